The van der Waals surface area contributed by atoms with Crippen LogP contribution in [0, 0.1) is 19.8 Å². The Hall–Kier alpha value is -0.780. The molecule has 0 spiro atoms. The minimum Gasteiger partial charge on any atom is -0.0625 e. The van der Waals surface area contributed by atoms with Gasteiger partial charge in [0.2, 0.25) is 0 Å². The molecule has 0 heterocycles. The highest BCUT2D eigenvalue weighted by Gasteiger charge is 2.05. The third-order valence-corrected chi connectivity index (χ3v) is 3.32. The quantitative estimate of drug-likeness (QED) is 0.564. The Labute approximate surface area is 94.7 Å². The first-order valence-corrected chi connectivity index (χ1v) is 6.22. The van der Waals surface area contributed by atoms with Crippen LogP contribution in [-0.2, 0) is 0 Å². The smallest absolute Gasteiger partial charge is 0.0395 e. The number of benzene rings is 1. The van der Waals surface area contributed by atoms with Crippen molar-refractivity contribution >= 4 is 0 Å². The first-order chi connectivity index (χ1) is 7.20. The summed E-state index contributed by atoms with van der Waals surface area (Å²) in [5.74, 6) is 1.04. The van der Waals surface area contributed by atoms with Crippen molar-refractivity contribution in [2.75, 3.05) is 0 Å². The standard InChI is InChI=1S/C8H10.C7H14/c1-7-5-3-4-6-8(7)2;1-7-5-3-2-4-6-7/h3-6H,1-2H3;7H,2-6H2,1H3. The molecule has 1 aromatic carbocycles. The molecule has 1 aliphatic rings. The highest BCUT2D eigenvalue weighted by molar-refractivity contribution is 5.23. The predicted octanol–water partition coefficient (Wildman–Crippen LogP) is 4.89. The molecule has 0 atom stereocenters. The molecular weight excluding hydrogens is 180 g/mol. The van der Waals surface area contributed by atoms with E-state index in [9.17, 15) is 0 Å². The summed E-state index contributed by atoms with van der Waals surface area (Å²) in [6.45, 7) is 6.60. The molecule has 0 nitrogen and oxygen atoms in total. The van der Waals surface area contributed by atoms with E-state index in [0.29, 0.717) is 0 Å². The van der Waals surface area contributed by atoms with E-state index in [1.807, 2.05) is 0 Å². The van der Waals surface area contributed by atoms with Gasteiger partial charge in [-0.05, 0) is 30.9 Å². The lowest BCUT2D eigenvalue weighted by Gasteiger charge is -2.15. The average Bonchev–Trinajstić information content (AvgIpc) is 2.25. The lowest BCUT2D eigenvalue weighted by molar-refractivity contribution is 0.385. The second-order valence-corrected chi connectivity index (χ2v) is 4.83. The molecule has 0 N–H and O–H groups in total. The van der Waals surface area contributed by atoms with Crippen LogP contribution in [0.25, 0.3) is 0 Å². The highest BCUT2D eigenvalue weighted by Crippen LogP contribution is 2.22. The van der Waals surface area contributed by atoms with Crippen LogP contribution in [0.3, 0.4) is 0 Å². The molecule has 0 amide bonds. The van der Waals surface area contributed by atoms with Gasteiger partial charge in [-0.3, -0.25) is 0 Å². The van der Waals surface area contributed by atoms with Crippen molar-refractivity contribution in [2.45, 2.75) is 52.9 Å². The van der Waals surface area contributed by atoms with E-state index in [-0.39, 0.29) is 0 Å². The Balaban J connectivity index is 0.000000151. The number of hydrogen-bond acceptors (Lipinski definition) is 0. The molecule has 15 heavy (non-hydrogen) atoms. The summed E-state index contributed by atoms with van der Waals surface area (Å²) in [7, 11) is 0. The summed E-state index contributed by atoms with van der Waals surface area (Å²) in [6.07, 6.45) is 7.44. The van der Waals surface area contributed by atoms with Gasteiger partial charge in [0.05, 0.1) is 0 Å². The molecule has 0 saturated heterocycles. The molecule has 0 unspecified atom stereocenters. The monoisotopic (exact) mass is 204 g/mol. The molecule has 2 rings (SSSR count). The molecular formula is C15H24. The third-order valence-electron chi connectivity index (χ3n) is 3.32. The first-order valence-electron chi connectivity index (χ1n) is 6.22. The summed E-state index contributed by atoms with van der Waals surface area (Å²) < 4.78 is 0. The molecule has 0 bridgehead atoms. The van der Waals surface area contributed by atoms with Gasteiger partial charge in [-0.25, -0.2) is 0 Å². The van der Waals surface area contributed by atoms with Crippen LogP contribution in [0.5, 0.6) is 0 Å². The van der Waals surface area contributed by atoms with Crippen molar-refractivity contribution in [3.8, 4) is 0 Å². The fourth-order valence-corrected chi connectivity index (χ4v) is 1.97. The van der Waals surface area contributed by atoms with Crippen molar-refractivity contribution in [1.29, 1.82) is 0 Å². The Bertz CT molecular complexity index is 248. The van der Waals surface area contributed by atoms with Gasteiger partial charge >= 0.3 is 0 Å². The highest BCUT2D eigenvalue weighted by atomic mass is 14.1. The minimum atomic E-state index is 1.04. The van der Waals surface area contributed by atoms with Crippen LogP contribution >= 0.6 is 0 Å². The summed E-state index contributed by atoms with van der Waals surface area (Å²) >= 11 is 0. The van der Waals surface area contributed by atoms with E-state index in [1.165, 1.54) is 43.2 Å². The van der Waals surface area contributed by atoms with Crippen molar-refractivity contribution in [2.24, 2.45) is 5.92 Å². The lowest BCUT2D eigenvalue weighted by atomic mass is 9.91. The van der Waals surface area contributed by atoms with Crippen molar-refractivity contribution in [3.63, 3.8) is 0 Å². The normalized spacial score (nSPS) is 16.7. The Kier molecular flexibility index (Phi) is 5.45. The van der Waals surface area contributed by atoms with Gasteiger partial charge in [0.15, 0.2) is 0 Å². The first kappa shape index (κ1) is 12.3. The second-order valence-electron chi connectivity index (χ2n) is 4.83. The molecule has 1 aliphatic carbocycles. The molecule has 0 aromatic heterocycles. The van der Waals surface area contributed by atoms with E-state index in [2.05, 4.69) is 45.0 Å². The van der Waals surface area contributed by atoms with Crippen LogP contribution in [0.4, 0.5) is 0 Å². The van der Waals surface area contributed by atoms with E-state index in [1.54, 1.807) is 0 Å². The van der Waals surface area contributed by atoms with Crippen LogP contribution in [0.15, 0.2) is 24.3 Å². The fraction of sp³-hybridized carbons (Fsp3) is 0.600. The Morgan fingerprint density at radius 1 is 0.867 bits per heavy atom. The van der Waals surface area contributed by atoms with Gasteiger partial charge < -0.3 is 0 Å². The van der Waals surface area contributed by atoms with Crippen LogP contribution < -0.4 is 0 Å². The molecule has 0 heteroatoms. The molecule has 1 saturated carbocycles. The van der Waals surface area contributed by atoms with E-state index < -0.39 is 0 Å². The minimum absolute atomic E-state index is 1.04. The van der Waals surface area contributed by atoms with Crippen LogP contribution in [0.1, 0.15) is 50.2 Å². The number of hydrogen-bond donors (Lipinski definition) is 0. The average molecular weight is 204 g/mol. The summed E-state index contributed by atoms with van der Waals surface area (Å²) in [6, 6.07) is 8.36. The Morgan fingerprint density at radius 2 is 1.33 bits per heavy atom. The maximum absolute atomic E-state index is 2.36. The number of rotatable bonds is 0. The molecule has 84 valence electrons. The molecule has 0 aliphatic heterocycles. The summed E-state index contributed by atoms with van der Waals surface area (Å²) in [5.41, 5.74) is 2.74. The van der Waals surface area contributed by atoms with Crippen LogP contribution in [0.2, 0.25) is 0 Å². The van der Waals surface area contributed by atoms with Gasteiger partial charge in [-0.1, -0.05) is 63.3 Å². The lowest BCUT2D eigenvalue weighted by Crippen LogP contribution is -1.99. The van der Waals surface area contributed by atoms with E-state index in [0.717, 1.165) is 5.92 Å². The molecule has 1 aromatic rings. The Morgan fingerprint density at radius 3 is 1.60 bits per heavy atom. The van der Waals surface area contributed by atoms with Crippen molar-refractivity contribution in [3.05, 3.63) is 35.4 Å². The van der Waals surface area contributed by atoms with Gasteiger partial charge in [0.1, 0.15) is 0 Å². The molecule has 1 fully saturated rings. The SMILES string of the molecule is CC1CCCCC1.Cc1ccccc1C. The third kappa shape index (κ3) is 5.01. The number of aryl methyl sites for hydroxylation is 2. The maximum Gasteiger partial charge on any atom is -0.0395 e. The van der Waals surface area contributed by atoms with Crippen molar-refractivity contribution in [1.82, 2.24) is 0 Å². The van der Waals surface area contributed by atoms with Crippen LogP contribution in [-0.4, -0.2) is 0 Å². The van der Waals surface area contributed by atoms with Gasteiger partial charge in [0.25, 0.3) is 0 Å². The van der Waals surface area contributed by atoms with Gasteiger partial charge in [-0.2, -0.15) is 0 Å². The zero-order valence-electron chi connectivity index (χ0n) is 10.4. The topological polar surface area (TPSA) is 0 Å². The second kappa shape index (κ2) is 6.66. The van der Waals surface area contributed by atoms with Gasteiger partial charge in [0, 0.05) is 0 Å². The maximum atomic E-state index is 2.36. The largest absolute Gasteiger partial charge is 0.0625 e. The zero-order chi connectivity index (χ0) is 11.1. The zero-order valence-corrected chi connectivity index (χ0v) is 10.4. The van der Waals surface area contributed by atoms with Crippen molar-refractivity contribution < 1.29 is 0 Å². The van der Waals surface area contributed by atoms with Gasteiger partial charge in [-0.15, -0.1) is 0 Å². The predicted molar refractivity (Wildman–Crippen MR) is 68.2 cm³/mol. The van der Waals surface area contributed by atoms with E-state index >= 15 is 0 Å². The summed E-state index contributed by atoms with van der Waals surface area (Å²) in [5, 5.41) is 0. The molecule has 0 radical (unpaired) electrons. The fourth-order valence-electron chi connectivity index (χ4n) is 1.97. The summed E-state index contributed by atoms with van der Waals surface area (Å²) in [4.78, 5) is 0. The van der Waals surface area contributed by atoms with E-state index in [4.69, 9.17) is 0 Å².